The van der Waals surface area contributed by atoms with E-state index in [9.17, 15) is 5.21 Å². The zero-order chi connectivity index (χ0) is 6.41. The molecular weight excluding hydrogens is 104 g/mol. The average Bonchev–Trinajstić information content (AvgIpc) is 1.83. The van der Waals surface area contributed by atoms with Crippen molar-refractivity contribution in [2.24, 2.45) is 0 Å². The van der Waals surface area contributed by atoms with Crippen LogP contribution in [-0.2, 0) is 0 Å². The molecule has 0 fully saturated rings. The summed E-state index contributed by atoms with van der Waals surface area (Å²) in [4.78, 5) is 0. The van der Waals surface area contributed by atoms with Gasteiger partial charge in [-0.25, -0.2) is 0 Å². The molecule has 0 aliphatic rings. The largest absolute Gasteiger partial charge is 0.613 e. The van der Waals surface area contributed by atoms with Gasteiger partial charge >= 0.3 is 0 Å². The van der Waals surface area contributed by atoms with Crippen LogP contribution in [0.5, 0.6) is 0 Å². The third kappa shape index (κ3) is 4.05. The standard InChI is InChI=1S/C5H14N2O/c1-3-5-6-7(8)4-2/h6-7H,3-5H2,1-2H3. The molecule has 0 saturated heterocycles. The fourth-order valence-electron chi connectivity index (χ4n) is 0.389. The highest BCUT2D eigenvalue weighted by atomic mass is 16.5. The Morgan fingerprint density at radius 1 is 1.50 bits per heavy atom. The second-order valence-corrected chi connectivity index (χ2v) is 1.70. The van der Waals surface area contributed by atoms with Gasteiger partial charge in [0.2, 0.25) is 0 Å². The second kappa shape index (κ2) is 5.03. The minimum atomic E-state index is 0.145. The number of rotatable bonds is 4. The summed E-state index contributed by atoms with van der Waals surface area (Å²) in [6.45, 7) is 5.30. The number of hydrogen-bond donors (Lipinski definition) is 2. The van der Waals surface area contributed by atoms with Gasteiger partial charge in [-0.1, -0.05) is 6.92 Å². The van der Waals surface area contributed by atoms with Gasteiger partial charge in [0.15, 0.2) is 0 Å². The Bertz CT molecular complexity index is 49.7. The number of hydrogen-bond acceptors (Lipinski definition) is 2. The van der Waals surface area contributed by atoms with Crippen molar-refractivity contribution in [1.29, 1.82) is 0 Å². The predicted octanol–water partition coefficient (Wildman–Crippen LogP) is -0.696. The maximum absolute atomic E-state index is 10.5. The van der Waals surface area contributed by atoms with Gasteiger partial charge in [-0.15, -0.1) is 0 Å². The summed E-state index contributed by atoms with van der Waals surface area (Å²) < 4.78 is 0. The van der Waals surface area contributed by atoms with Crippen molar-refractivity contribution in [1.82, 2.24) is 5.43 Å². The SMILES string of the molecule is CCCN[NH+]([O-])CC. The van der Waals surface area contributed by atoms with Gasteiger partial charge < -0.3 is 5.21 Å². The third-order valence-corrected chi connectivity index (χ3v) is 0.893. The summed E-state index contributed by atoms with van der Waals surface area (Å²) in [7, 11) is 0. The van der Waals surface area contributed by atoms with E-state index in [4.69, 9.17) is 0 Å². The van der Waals surface area contributed by atoms with Gasteiger partial charge in [-0.3, -0.25) is 5.17 Å². The van der Waals surface area contributed by atoms with Gasteiger partial charge in [0.25, 0.3) is 0 Å². The molecule has 0 radical (unpaired) electrons. The third-order valence-electron chi connectivity index (χ3n) is 0.893. The summed E-state index contributed by atoms with van der Waals surface area (Å²) in [5.74, 6) is 0. The van der Waals surface area contributed by atoms with Crippen molar-refractivity contribution in [3.8, 4) is 0 Å². The monoisotopic (exact) mass is 118 g/mol. The predicted molar refractivity (Wildman–Crippen MR) is 33.2 cm³/mol. The molecular formula is C5H14N2O. The first-order valence-electron chi connectivity index (χ1n) is 3.08. The van der Waals surface area contributed by atoms with Crippen LogP contribution in [0.2, 0.25) is 0 Å². The maximum Gasteiger partial charge on any atom is 0.0915 e. The van der Waals surface area contributed by atoms with Crippen LogP contribution in [0.15, 0.2) is 0 Å². The fraction of sp³-hybridized carbons (Fsp3) is 1.00. The second-order valence-electron chi connectivity index (χ2n) is 1.70. The molecule has 3 heteroatoms. The van der Waals surface area contributed by atoms with Crippen LogP contribution >= 0.6 is 0 Å². The van der Waals surface area contributed by atoms with Crippen LogP contribution in [-0.4, -0.2) is 13.1 Å². The normalized spacial score (nSPS) is 13.9. The smallest absolute Gasteiger partial charge is 0.0915 e. The van der Waals surface area contributed by atoms with Crippen LogP contribution in [0.4, 0.5) is 0 Å². The minimum absolute atomic E-state index is 0.145. The topological polar surface area (TPSA) is 39.5 Å². The highest BCUT2D eigenvalue weighted by molar-refractivity contribution is 4.25. The van der Waals surface area contributed by atoms with Crippen molar-refractivity contribution < 1.29 is 5.17 Å². The van der Waals surface area contributed by atoms with Crippen LogP contribution in [0.25, 0.3) is 0 Å². The quantitative estimate of drug-likeness (QED) is 0.479. The lowest BCUT2D eigenvalue weighted by atomic mass is 10.5. The van der Waals surface area contributed by atoms with Gasteiger partial charge in [0, 0.05) is 6.54 Å². The molecule has 0 amide bonds. The Labute approximate surface area is 50.2 Å². The van der Waals surface area contributed by atoms with E-state index in [0.29, 0.717) is 6.54 Å². The Kier molecular flexibility index (Phi) is 4.95. The van der Waals surface area contributed by atoms with Gasteiger partial charge in [-0.2, -0.15) is 5.43 Å². The van der Waals surface area contributed by atoms with E-state index in [2.05, 4.69) is 5.43 Å². The molecule has 0 aromatic rings. The lowest BCUT2D eigenvalue weighted by Crippen LogP contribution is -3.14. The first-order chi connectivity index (χ1) is 3.81. The maximum atomic E-state index is 10.5. The molecule has 0 saturated carbocycles. The van der Waals surface area contributed by atoms with Crippen molar-refractivity contribution >= 4 is 0 Å². The molecule has 0 spiro atoms. The lowest BCUT2D eigenvalue weighted by molar-refractivity contribution is -0.894. The lowest BCUT2D eigenvalue weighted by Gasteiger charge is -2.19. The molecule has 0 aliphatic carbocycles. The molecule has 3 nitrogen and oxygen atoms in total. The molecule has 1 unspecified atom stereocenters. The van der Waals surface area contributed by atoms with Crippen molar-refractivity contribution in [3.05, 3.63) is 5.21 Å². The highest BCUT2D eigenvalue weighted by Crippen LogP contribution is 1.61. The van der Waals surface area contributed by atoms with E-state index < -0.39 is 0 Å². The van der Waals surface area contributed by atoms with E-state index in [1.165, 1.54) is 0 Å². The summed E-state index contributed by atoms with van der Waals surface area (Å²) in [5.41, 5.74) is 2.74. The van der Waals surface area contributed by atoms with E-state index in [1.807, 2.05) is 13.8 Å². The van der Waals surface area contributed by atoms with E-state index in [-0.39, 0.29) is 5.17 Å². The number of nitrogens with one attached hydrogen (secondary N) is 2. The van der Waals surface area contributed by atoms with Crippen molar-refractivity contribution in [3.63, 3.8) is 0 Å². The molecule has 0 aromatic heterocycles. The van der Waals surface area contributed by atoms with Gasteiger partial charge in [-0.05, 0) is 13.3 Å². The zero-order valence-electron chi connectivity index (χ0n) is 5.53. The Hall–Kier alpha value is -0.120. The Balaban J connectivity index is 2.86. The molecule has 0 aliphatic heterocycles. The summed E-state index contributed by atoms with van der Waals surface area (Å²) in [5, 5.41) is 10.6. The van der Waals surface area contributed by atoms with Crippen molar-refractivity contribution in [2.45, 2.75) is 20.3 Å². The van der Waals surface area contributed by atoms with Gasteiger partial charge in [0.1, 0.15) is 0 Å². The summed E-state index contributed by atoms with van der Waals surface area (Å²) in [6, 6.07) is 0. The zero-order valence-corrected chi connectivity index (χ0v) is 5.53. The molecule has 50 valence electrons. The fourth-order valence-corrected chi connectivity index (χ4v) is 0.389. The minimum Gasteiger partial charge on any atom is -0.613 e. The van der Waals surface area contributed by atoms with E-state index in [1.54, 1.807) is 0 Å². The first kappa shape index (κ1) is 7.88. The molecule has 8 heavy (non-hydrogen) atoms. The van der Waals surface area contributed by atoms with Gasteiger partial charge in [0.05, 0.1) is 6.54 Å². The first-order valence-corrected chi connectivity index (χ1v) is 3.08. The highest BCUT2D eigenvalue weighted by Gasteiger charge is 1.85. The van der Waals surface area contributed by atoms with Crippen LogP contribution in [0.3, 0.4) is 0 Å². The average molecular weight is 118 g/mol. The molecule has 1 atom stereocenters. The van der Waals surface area contributed by atoms with Crippen LogP contribution in [0, 0.1) is 5.21 Å². The molecule has 0 heterocycles. The van der Waals surface area contributed by atoms with Crippen LogP contribution < -0.4 is 10.6 Å². The summed E-state index contributed by atoms with van der Waals surface area (Å²) >= 11 is 0. The molecule has 0 bridgehead atoms. The van der Waals surface area contributed by atoms with Crippen LogP contribution in [0.1, 0.15) is 20.3 Å². The molecule has 2 N–H and O–H groups in total. The Morgan fingerprint density at radius 2 is 2.12 bits per heavy atom. The number of hydroxylamine groups is 1. The Morgan fingerprint density at radius 3 is 2.50 bits per heavy atom. The van der Waals surface area contributed by atoms with E-state index >= 15 is 0 Å². The van der Waals surface area contributed by atoms with E-state index in [0.717, 1.165) is 13.0 Å². The molecule has 0 aromatic carbocycles. The van der Waals surface area contributed by atoms with Crippen molar-refractivity contribution in [2.75, 3.05) is 13.1 Å². The molecule has 0 rings (SSSR count). The number of quaternary nitrogens is 1. The summed E-state index contributed by atoms with van der Waals surface area (Å²) in [6.07, 6.45) is 1.02.